The number of imidazole rings is 1. The summed E-state index contributed by atoms with van der Waals surface area (Å²) in [4.78, 5) is 10.7. The molecule has 0 radical (unpaired) electrons. The number of fused-ring (bicyclic) bond motifs is 1. The first-order chi connectivity index (χ1) is 12.3. The highest BCUT2D eigenvalue weighted by atomic mass is 16.5. The van der Waals surface area contributed by atoms with Gasteiger partial charge in [0.25, 0.3) is 0 Å². The Labute approximate surface area is 148 Å². The fourth-order valence-corrected chi connectivity index (χ4v) is 3.47. The Bertz CT molecular complexity index is 816. The average molecular weight is 335 g/mol. The van der Waals surface area contributed by atoms with Crippen molar-refractivity contribution in [2.75, 3.05) is 19.7 Å². The van der Waals surface area contributed by atoms with Crippen LogP contribution in [0.1, 0.15) is 31.7 Å². The molecule has 3 aromatic rings. The van der Waals surface area contributed by atoms with Gasteiger partial charge in [-0.25, -0.2) is 4.98 Å². The average Bonchev–Trinajstić information content (AvgIpc) is 3.29. The second-order valence-corrected chi connectivity index (χ2v) is 6.76. The number of hydrogen-bond donors (Lipinski definition) is 1. The topological polar surface area (TPSA) is 41.1 Å². The molecule has 1 aliphatic heterocycles. The van der Waals surface area contributed by atoms with Crippen LogP contribution >= 0.6 is 0 Å². The first-order valence-corrected chi connectivity index (χ1v) is 9.26. The number of nitrogens with zero attached hydrogens (tertiary/aromatic N) is 2. The minimum atomic E-state index is 0.761. The molecule has 0 atom stereocenters. The summed E-state index contributed by atoms with van der Waals surface area (Å²) in [5.41, 5.74) is 4.46. The monoisotopic (exact) mass is 335 g/mol. The van der Waals surface area contributed by atoms with Crippen LogP contribution in [-0.4, -0.2) is 34.6 Å². The summed E-state index contributed by atoms with van der Waals surface area (Å²) in [7, 11) is 0. The highest BCUT2D eigenvalue weighted by molar-refractivity contribution is 5.79. The van der Waals surface area contributed by atoms with Crippen molar-refractivity contribution in [1.29, 1.82) is 0 Å². The molecule has 0 spiro atoms. The van der Waals surface area contributed by atoms with Crippen molar-refractivity contribution in [2.45, 2.75) is 32.7 Å². The van der Waals surface area contributed by atoms with Crippen LogP contribution in [0.4, 0.5) is 0 Å². The summed E-state index contributed by atoms with van der Waals surface area (Å²) in [6.07, 6.45) is 3.62. The van der Waals surface area contributed by atoms with E-state index in [4.69, 9.17) is 9.72 Å². The maximum absolute atomic E-state index is 5.99. The zero-order valence-corrected chi connectivity index (χ0v) is 14.8. The lowest BCUT2D eigenvalue weighted by Gasteiger charge is -2.18. The Morgan fingerprint density at radius 3 is 2.76 bits per heavy atom. The molecule has 1 saturated heterocycles. The minimum absolute atomic E-state index is 0.761. The fraction of sp³-hybridized carbons (Fsp3) is 0.381. The van der Waals surface area contributed by atoms with E-state index in [9.17, 15) is 0 Å². The summed E-state index contributed by atoms with van der Waals surface area (Å²) in [5.74, 6) is 1.93. The molecular weight excluding hydrogens is 310 g/mol. The van der Waals surface area contributed by atoms with Gasteiger partial charge in [0, 0.05) is 17.7 Å². The van der Waals surface area contributed by atoms with Gasteiger partial charge >= 0.3 is 0 Å². The number of aromatic amines is 1. The summed E-state index contributed by atoms with van der Waals surface area (Å²) >= 11 is 0. The molecule has 4 rings (SSSR count). The van der Waals surface area contributed by atoms with Crippen LogP contribution in [0.3, 0.4) is 0 Å². The zero-order chi connectivity index (χ0) is 17.1. The van der Waals surface area contributed by atoms with Crippen molar-refractivity contribution < 1.29 is 4.74 Å². The van der Waals surface area contributed by atoms with Crippen LogP contribution in [0.2, 0.25) is 0 Å². The van der Waals surface area contributed by atoms with Crippen molar-refractivity contribution in [3.63, 3.8) is 0 Å². The van der Waals surface area contributed by atoms with Crippen molar-refractivity contribution in [3.05, 3.63) is 48.0 Å². The van der Waals surface area contributed by atoms with Gasteiger partial charge in [0.1, 0.15) is 11.6 Å². The third kappa shape index (κ3) is 3.54. The van der Waals surface area contributed by atoms with Gasteiger partial charge in [0.15, 0.2) is 0 Å². The van der Waals surface area contributed by atoms with E-state index in [2.05, 4.69) is 41.1 Å². The standard InChI is InChI=1S/C21H25N3O/c1-2-13-25-20-10-9-16(14-17(20)15-24-11-5-6-12-24)21-22-18-7-3-4-8-19(18)23-21/h3-4,7-10,14H,2,5-6,11-13,15H2,1H3,(H,22,23). The third-order valence-electron chi connectivity index (χ3n) is 4.78. The predicted octanol–water partition coefficient (Wildman–Crippen LogP) is 4.61. The van der Waals surface area contributed by atoms with E-state index in [0.717, 1.165) is 47.7 Å². The van der Waals surface area contributed by atoms with Crippen LogP contribution in [0.5, 0.6) is 5.75 Å². The van der Waals surface area contributed by atoms with Gasteiger partial charge in [0.05, 0.1) is 17.6 Å². The van der Waals surface area contributed by atoms with Crippen molar-refractivity contribution in [1.82, 2.24) is 14.9 Å². The summed E-state index contributed by atoms with van der Waals surface area (Å²) in [6, 6.07) is 14.6. The van der Waals surface area contributed by atoms with E-state index in [0.29, 0.717) is 0 Å². The van der Waals surface area contributed by atoms with E-state index < -0.39 is 0 Å². The number of likely N-dealkylation sites (tertiary alicyclic amines) is 1. The van der Waals surface area contributed by atoms with Crippen molar-refractivity contribution in [2.24, 2.45) is 0 Å². The Morgan fingerprint density at radius 1 is 1.12 bits per heavy atom. The SMILES string of the molecule is CCCOc1ccc(-c2nc3ccccc3[nH]2)cc1CN1CCCC1. The lowest BCUT2D eigenvalue weighted by atomic mass is 10.1. The number of nitrogens with one attached hydrogen (secondary N) is 1. The summed E-state index contributed by atoms with van der Waals surface area (Å²) in [5, 5.41) is 0. The summed E-state index contributed by atoms with van der Waals surface area (Å²) in [6.45, 7) is 6.22. The number of hydrogen-bond acceptors (Lipinski definition) is 3. The predicted molar refractivity (Wildman–Crippen MR) is 102 cm³/mol. The lowest BCUT2D eigenvalue weighted by molar-refractivity contribution is 0.294. The lowest BCUT2D eigenvalue weighted by Crippen LogP contribution is -2.19. The second kappa shape index (κ2) is 7.28. The van der Waals surface area contributed by atoms with Crippen molar-refractivity contribution in [3.8, 4) is 17.1 Å². The van der Waals surface area contributed by atoms with E-state index in [1.165, 1.54) is 31.5 Å². The Morgan fingerprint density at radius 2 is 1.96 bits per heavy atom. The highest BCUT2D eigenvalue weighted by Crippen LogP contribution is 2.28. The zero-order valence-electron chi connectivity index (χ0n) is 14.8. The third-order valence-corrected chi connectivity index (χ3v) is 4.78. The molecule has 0 bridgehead atoms. The molecule has 4 heteroatoms. The van der Waals surface area contributed by atoms with Gasteiger partial charge in [-0.1, -0.05) is 19.1 Å². The minimum Gasteiger partial charge on any atom is -0.493 e. The fourth-order valence-electron chi connectivity index (χ4n) is 3.47. The van der Waals surface area contributed by atoms with Gasteiger partial charge in [-0.15, -0.1) is 0 Å². The second-order valence-electron chi connectivity index (χ2n) is 6.76. The molecule has 1 N–H and O–H groups in total. The van der Waals surface area contributed by atoms with Crippen LogP contribution in [-0.2, 0) is 6.54 Å². The number of rotatable bonds is 6. The van der Waals surface area contributed by atoms with Gasteiger partial charge < -0.3 is 9.72 Å². The van der Waals surface area contributed by atoms with Crippen LogP contribution in [0.25, 0.3) is 22.4 Å². The number of benzene rings is 2. The normalized spacial score (nSPS) is 15.1. The molecule has 0 amide bonds. The van der Waals surface area contributed by atoms with Gasteiger partial charge in [-0.05, 0) is 62.7 Å². The Kier molecular flexibility index (Phi) is 4.70. The molecule has 0 saturated carbocycles. The largest absolute Gasteiger partial charge is 0.493 e. The maximum Gasteiger partial charge on any atom is 0.138 e. The number of ether oxygens (including phenoxy) is 1. The number of aromatic nitrogens is 2. The maximum atomic E-state index is 5.99. The molecule has 1 aliphatic rings. The van der Waals surface area contributed by atoms with Crippen LogP contribution in [0, 0.1) is 0 Å². The molecule has 1 fully saturated rings. The Hall–Kier alpha value is -2.33. The summed E-state index contributed by atoms with van der Waals surface area (Å²) < 4.78 is 5.99. The van der Waals surface area contributed by atoms with Gasteiger partial charge in [-0.3, -0.25) is 4.90 Å². The molecular formula is C21H25N3O. The van der Waals surface area contributed by atoms with Crippen LogP contribution < -0.4 is 4.74 Å². The van der Waals surface area contributed by atoms with Crippen molar-refractivity contribution >= 4 is 11.0 Å². The van der Waals surface area contributed by atoms with E-state index in [-0.39, 0.29) is 0 Å². The molecule has 4 nitrogen and oxygen atoms in total. The number of H-pyrrole nitrogens is 1. The van der Waals surface area contributed by atoms with Crippen LogP contribution in [0.15, 0.2) is 42.5 Å². The van der Waals surface area contributed by atoms with E-state index in [1.54, 1.807) is 0 Å². The molecule has 0 aliphatic carbocycles. The first-order valence-electron chi connectivity index (χ1n) is 9.26. The van der Waals surface area contributed by atoms with Gasteiger partial charge in [-0.2, -0.15) is 0 Å². The molecule has 2 heterocycles. The Balaban J connectivity index is 1.67. The first kappa shape index (κ1) is 16.2. The quantitative estimate of drug-likeness (QED) is 0.715. The van der Waals surface area contributed by atoms with Gasteiger partial charge in [0.2, 0.25) is 0 Å². The molecule has 25 heavy (non-hydrogen) atoms. The van der Waals surface area contributed by atoms with E-state index in [1.807, 2.05) is 18.2 Å². The van der Waals surface area contributed by atoms with E-state index >= 15 is 0 Å². The number of para-hydroxylation sites is 2. The highest BCUT2D eigenvalue weighted by Gasteiger charge is 2.16. The smallest absolute Gasteiger partial charge is 0.138 e. The molecule has 1 aromatic heterocycles. The molecule has 130 valence electrons. The molecule has 0 unspecified atom stereocenters. The molecule has 2 aromatic carbocycles.